The zero-order valence-corrected chi connectivity index (χ0v) is 12.2. The van der Waals surface area contributed by atoms with Gasteiger partial charge in [-0.15, -0.1) is 0 Å². The molecule has 1 heterocycles. The van der Waals surface area contributed by atoms with Crippen LogP contribution in [0.4, 0.5) is 5.69 Å². The standard InChI is InChI=1S/C17H17NO3/c1-10-8-11(2)15(14(9-10)21-3)17(20)12-6-4-5-7-13(12)18-16(17)19/h4-9,20H,1-3H3,(H,18,19). The average molecular weight is 283 g/mol. The van der Waals surface area contributed by atoms with Crippen molar-refractivity contribution >= 4 is 11.6 Å². The number of carbonyl (C=O) groups excluding carboxylic acids is 1. The largest absolute Gasteiger partial charge is 0.496 e. The molecule has 0 bridgehead atoms. The van der Waals surface area contributed by atoms with E-state index in [9.17, 15) is 9.90 Å². The first-order chi connectivity index (χ1) is 9.98. The number of aliphatic hydroxyl groups is 1. The minimum atomic E-state index is -1.72. The number of hydrogen-bond acceptors (Lipinski definition) is 3. The number of carbonyl (C=O) groups is 1. The Morgan fingerprint density at radius 1 is 1.19 bits per heavy atom. The van der Waals surface area contributed by atoms with Crippen molar-refractivity contribution in [3.63, 3.8) is 0 Å². The number of nitrogens with one attached hydrogen (secondary N) is 1. The van der Waals surface area contributed by atoms with Gasteiger partial charge >= 0.3 is 0 Å². The third-order valence-electron chi connectivity index (χ3n) is 3.92. The topological polar surface area (TPSA) is 58.6 Å². The van der Waals surface area contributed by atoms with Crippen molar-refractivity contribution in [2.45, 2.75) is 19.4 Å². The number of amides is 1. The van der Waals surface area contributed by atoms with Gasteiger partial charge in [0.2, 0.25) is 0 Å². The molecule has 1 aliphatic rings. The number of para-hydroxylation sites is 1. The predicted molar refractivity (Wildman–Crippen MR) is 80.5 cm³/mol. The molecule has 21 heavy (non-hydrogen) atoms. The van der Waals surface area contributed by atoms with Crippen LogP contribution in [0.2, 0.25) is 0 Å². The summed E-state index contributed by atoms with van der Waals surface area (Å²) in [6.07, 6.45) is 0. The fraction of sp³-hybridized carbons (Fsp3) is 0.235. The average Bonchev–Trinajstić information content (AvgIpc) is 2.70. The number of methoxy groups -OCH3 is 1. The predicted octanol–water partition coefficient (Wildman–Crippen LogP) is 2.50. The summed E-state index contributed by atoms with van der Waals surface area (Å²) in [5.74, 6) is 0.0656. The maximum absolute atomic E-state index is 12.4. The molecule has 1 amide bonds. The van der Waals surface area contributed by atoms with Gasteiger partial charge in [0, 0.05) is 16.8 Å². The fourth-order valence-electron chi connectivity index (χ4n) is 3.04. The maximum Gasteiger partial charge on any atom is 0.266 e. The van der Waals surface area contributed by atoms with Crippen molar-refractivity contribution in [2.75, 3.05) is 12.4 Å². The SMILES string of the molecule is COc1cc(C)cc(C)c1C1(O)C(=O)Nc2ccccc21. The van der Waals surface area contributed by atoms with Gasteiger partial charge in [0.05, 0.1) is 7.11 Å². The molecular weight excluding hydrogens is 266 g/mol. The second-order valence-corrected chi connectivity index (χ2v) is 5.37. The lowest BCUT2D eigenvalue weighted by Gasteiger charge is -2.26. The number of rotatable bonds is 2. The second kappa shape index (κ2) is 4.60. The summed E-state index contributed by atoms with van der Waals surface area (Å²) in [5, 5.41) is 13.9. The summed E-state index contributed by atoms with van der Waals surface area (Å²) in [6, 6.07) is 10.9. The molecule has 0 saturated carbocycles. The zero-order valence-electron chi connectivity index (χ0n) is 12.2. The van der Waals surface area contributed by atoms with Gasteiger partial charge in [0.25, 0.3) is 5.91 Å². The normalized spacial score (nSPS) is 20.1. The molecule has 2 aromatic carbocycles. The summed E-state index contributed by atoms with van der Waals surface area (Å²) >= 11 is 0. The maximum atomic E-state index is 12.4. The molecule has 1 aliphatic heterocycles. The van der Waals surface area contributed by atoms with Crippen LogP contribution in [0.25, 0.3) is 0 Å². The molecule has 108 valence electrons. The summed E-state index contributed by atoms with van der Waals surface area (Å²) in [7, 11) is 1.54. The first-order valence-corrected chi connectivity index (χ1v) is 6.77. The molecule has 0 spiro atoms. The van der Waals surface area contributed by atoms with E-state index in [2.05, 4.69) is 5.32 Å². The van der Waals surface area contributed by atoms with Gasteiger partial charge in [0.1, 0.15) is 5.75 Å². The molecule has 3 rings (SSSR count). The zero-order chi connectivity index (χ0) is 15.2. The van der Waals surface area contributed by atoms with E-state index >= 15 is 0 Å². The van der Waals surface area contributed by atoms with Gasteiger partial charge in [-0.25, -0.2) is 0 Å². The van der Waals surface area contributed by atoms with Crippen molar-refractivity contribution in [3.8, 4) is 5.75 Å². The van der Waals surface area contributed by atoms with Gasteiger partial charge in [-0.1, -0.05) is 24.3 Å². The van der Waals surface area contributed by atoms with Crippen LogP contribution in [0.3, 0.4) is 0 Å². The van der Waals surface area contributed by atoms with Crippen LogP contribution < -0.4 is 10.1 Å². The molecule has 0 aliphatic carbocycles. The minimum Gasteiger partial charge on any atom is -0.496 e. The van der Waals surface area contributed by atoms with Crippen LogP contribution in [-0.4, -0.2) is 18.1 Å². The van der Waals surface area contributed by atoms with Crippen LogP contribution in [0.15, 0.2) is 36.4 Å². The Hall–Kier alpha value is -2.33. The number of hydrogen-bond donors (Lipinski definition) is 2. The summed E-state index contributed by atoms with van der Waals surface area (Å²) < 4.78 is 5.41. The van der Waals surface area contributed by atoms with Crippen LogP contribution >= 0.6 is 0 Å². The Morgan fingerprint density at radius 3 is 2.62 bits per heavy atom. The Kier molecular flexibility index (Phi) is 2.99. The molecule has 0 aromatic heterocycles. The molecule has 4 heteroatoms. The van der Waals surface area contributed by atoms with E-state index in [1.807, 2.05) is 32.0 Å². The van der Waals surface area contributed by atoms with Crippen LogP contribution in [0.1, 0.15) is 22.3 Å². The van der Waals surface area contributed by atoms with Crippen LogP contribution in [0.5, 0.6) is 5.75 Å². The second-order valence-electron chi connectivity index (χ2n) is 5.37. The van der Waals surface area contributed by atoms with E-state index in [1.165, 1.54) is 0 Å². The Balaban J connectivity index is 2.32. The number of anilines is 1. The molecule has 0 fully saturated rings. The number of benzene rings is 2. The minimum absolute atomic E-state index is 0.450. The first-order valence-electron chi connectivity index (χ1n) is 6.77. The van der Waals surface area contributed by atoms with Crippen molar-refractivity contribution < 1.29 is 14.6 Å². The Labute approximate surface area is 123 Å². The van der Waals surface area contributed by atoms with Crippen molar-refractivity contribution in [2.24, 2.45) is 0 Å². The Bertz CT molecular complexity index is 739. The van der Waals surface area contributed by atoms with Gasteiger partial charge in [-0.05, 0) is 37.1 Å². The van der Waals surface area contributed by atoms with E-state index in [4.69, 9.17) is 4.74 Å². The van der Waals surface area contributed by atoms with E-state index in [0.717, 1.165) is 11.1 Å². The number of fused-ring (bicyclic) bond motifs is 1. The quantitative estimate of drug-likeness (QED) is 0.890. The molecular formula is C17H17NO3. The first kappa shape index (κ1) is 13.6. The van der Waals surface area contributed by atoms with Crippen molar-refractivity contribution in [1.82, 2.24) is 0 Å². The molecule has 2 aromatic rings. The molecule has 1 unspecified atom stereocenters. The highest BCUT2D eigenvalue weighted by molar-refractivity contribution is 6.07. The third-order valence-corrected chi connectivity index (χ3v) is 3.92. The highest BCUT2D eigenvalue weighted by Crippen LogP contribution is 2.45. The molecule has 2 N–H and O–H groups in total. The van der Waals surface area contributed by atoms with Gasteiger partial charge in [-0.2, -0.15) is 0 Å². The lowest BCUT2D eigenvalue weighted by molar-refractivity contribution is -0.129. The highest BCUT2D eigenvalue weighted by Gasteiger charge is 2.49. The van der Waals surface area contributed by atoms with Crippen LogP contribution in [0, 0.1) is 13.8 Å². The van der Waals surface area contributed by atoms with E-state index < -0.39 is 11.5 Å². The van der Waals surface area contributed by atoms with Gasteiger partial charge in [-0.3, -0.25) is 4.79 Å². The monoisotopic (exact) mass is 283 g/mol. The molecule has 0 saturated heterocycles. The van der Waals surface area contributed by atoms with Gasteiger partial charge < -0.3 is 15.2 Å². The summed E-state index contributed by atoms with van der Waals surface area (Å²) in [5.41, 5.74) is 1.80. The molecule has 4 nitrogen and oxygen atoms in total. The van der Waals surface area contributed by atoms with Gasteiger partial charge in [0.15, 0.2) is 5.60 Å². The van der Waals surface area contributed by atoms with Crippen LogP contribution in [-0.2, 0) is 10.4 Å². The number of ether oxygens (including phenoxy) is 1. The lowest BCUT2D eigenvalue weighted by atomic mass is 9.83. The summed E-state index contributed by atoms with van der Waals surface area (Å²) in [4.78, 5) is 12.4. The fourth-order valence-corrected chi connectivity index (χ4v) is 3.04. The summed E-state index contributed by atoms with van der Waals surface area (Å²) in [6.45, 7) is 3.82. The molecule has 1 atom stereocenters. The van der Waals surface area contributed by atoms with Crippen molar-refractivity contribution in [3.05, 3.63) is 58.7 Å². The smallest absolute Gasteiger partial charge is 0.266 e. The lowest BCUT2D eigenvalue weighted by Crippen LogP contribution is -2.36. The Morgan fingerprint density at radius 2 is 1.90 bits per heavy atom. The van der Waals surface area contributed by atoms with E-state index in [1.54, 1.807) is 25.3 Å². The molecule has 0 radical (unpaired) electrons. The number of aryl methyl sites for hydroxylation is 2. The highest BCUT2D eigenvalue weighted by atomic mass is 16.5. The van der Waals surface area contributed by atoms with E-state index in [0.29, 0.717) is 22.6 Å². The van der Waals surface area contributed by atoms with E-state index in [-0.39, 0.29) is 0 Å². The third kappa shape index (κ3) is 1.83. The van der Waals surface area contributed by atoms with Crippen molar-refractivity contribution in [1.29, 1.82) is 0 Å².